The molecule has 8 nitrogen and oxygen atoms in total. The second-order valence-electron chi connectivity index (χ2n) is 5.86. The molecule has 0 spiro atoms. The molecule has 154 valence electrons. The number of aliphatic imine (C=N–C) groups is 1. The third kappa shape index (κ3) is 10.9. The van der Waals surface area contributed by atoms with Crippen LogP contribution < -0.4 is 20.1 Å². The molecule has 1 rings (SSSR count). The average molecular weight is 494 g/mol. The van der Waals surface area contributed by atoms with Crippen molar-refractivity contribution < 1.29 is 19.0 Å². The molecule has 1 aromatic carbocycles. The Kier molecular flexibility index (Phi) is 13.4. The van der Waals surface area contributed by atoms with Crippen molar-refractivity contribution in [2.45, 2.75) is 13.0 Å². The van der Waals surface area contributed by atoms with Crippen molar-refractivity contribution in [1.29, 1.82) is 0 Å². The van der Waals surface area contributed by atoms with Crippen molar-refractivity contribution >= 4 is 35.8 Å². The first-order valence-electron chi connectivity index (χ1n) is 8.48. The van der Waals surface area contributed by atoms with Gasteiger partial charge in [-0.05, 0) is 19.1 Å². The van der Waals surface area contributed by atoms with Crippen molar-refractivity contribution in [3.05, 3.63) is 24.3 Å². The lowest BCUT2D eigenvalue weighted by Crippen LogP contribution is -2.43. The van der Waals surface area contributed by atoms with Crippen LogP contribution in [0, 0.1) is 0 Å². The summed E-state index contributed by atoms with van der Waals surface area (Å²) < 4.78 is 16.1. The van der Waals surface area contributed by atoms with E-state index in [4.69, 9.17) is 14.2 Å². The summed E-state index contributed by atoms with van der Waals surface area (Å²) >= 11 is 0. The van der Waals surface area contributed by atoms with Gasteiger partial charge in [0, 0.05) is 33.8 Å². The summed E-state index contributed by atoms with van der Waals surface area (Å²) in [4.78, 5) is 17.5. The molecule has 1 amide bonds. The highest BCUT2D eigenvalue weighted by atomic mass is 127. The van der Waals surface area contributed by atoms with Crippen molar-refractivity contribution in [3.63, 3.8) is 0 Å². The molecule has 9 heteroatoms. The van der Waals surface area contributed by atoms with E-state index in [1.165, 1.54) is 4.90 Å². The van der Waals surface area contributed by atoms with Crippen LogP contribution in [0.3, 0.4) is 0 Å². The van der Waals surface area contributed by atoms with E-state index < -0.39 is 0 Å². The van der Waals surface area contributed by atoms with Crippen LogP contribution in [0.1, 0.15) is 6.92 Å². The van der Waals surface area contributed by atoms with Crippen molar-refractivity contribution in [1.82, 2.24) is 15.5 Å². The number of nitrogens with one attached hydrogen (secondary N) is 2. The van der Waals surface area contributed by atoms with Gasteiger partial charge in [0.2, 0.25) is 5.91 Å². The molecule has 0 aliphatic rings. The molecule has 0 aliphatic carbocycles. The Morgan fingerprint density at radius 1 is 1.22 bits per heavy atom. The zero-order chi connectivity index (χ0) is 19.4. The third-order valence-corrected chi connectivity index (χ3v) is 3.41. The van der Waals surface area contributed by atoms with E-state index in [2.05, 4.69) is 15.6 Å². The number of rotatable bonds is 10. The first-order valence-corrected chi connectivity index (χ1v) is 8.48. The SMILES string of the molecule is COCCNC(=NCC(=O)N(C)C)NCC(C)Oc1cccc(OC)c1.I. The molecular formula is C18H31IN4O4. The molecule has 0 radical (unpaired) electrons. The minimum absolute atomic E-state index is 0. The number of methoxy groups -OCH3 is 2. The van der Waals surface area contributed by atoms with E-state index in [1.807, 2.05) is 31.2 Å². The second-order valence-corrected chi connectivity index (χ2v) is 5.86. The molecule has 1 aromatic rings. The fourth-order valence-electron chi connectivity index (χ4n) is 1.92. The number of hydrogen-bond acceptors (Lipinski definition) is 5. The van der Waals surface area contributed by atoms with E-state index in [0.717, 1.165) is 11.5 Å². The lowest BCUT2D eigenvalue weighted by atomic mass is 10.3. The van der Waals surface area contributed by atoms with Crippen LogP contribution in [0.15, 0.2) is 29.3 Å². The largest absolute Gasteiger partial charge is 0.497 e. The molecule has 1 unspecified atom stereocenters. The minimum Gasteiger partial charge on any atom is -0.497 e. The molecule has 0 fully saturated rings. The van der Waals surface area contributed by atoms with Gasteiger partial charge >= 0.3 is 0 Å². The van der Waals surface area contributed by atoms with Crippen molar-refractivity contribution in [2.24, 2.45) is 4.99 Å². The first-order chi connectivity index (χ1) is 12.5. The zero-order valence-electron chi connectivity index (χ0n) is 16.7. The quantitative estimate of drug-likeness (QED) is 0.221. The molecule has 0 saturated carbocycles. The van der Waals surface area contributed by atoms with Crippen LogP contribution in [-0.4, -0.2) is 77.4 Å². The molecule has 0 heterocycles. The Bertz CT molecular complexity index is 584. The predicted molar refractivity (Wildman–Crippen MR) is 117 cm³/mol. The number of carbonyl (C=O) groups is 1. The number of amides is 1. The van der Waals surface area contributed by atoms with Gasteiger partial charge < -0.3 is 29.7 Å². The van der Waals surface area contributed by atoms with Crippen LogP contribution in [0.5, 0.6) is 11.5 Å². The Labute approximate surface area is 178 Å². The molecule has 0 bridgehead atoms. The summed E-state index contributed by atoms with van der Waals surface area (Å²) in [6.45, 7) is 3.67. The molecule has 0 aromatic heterocycles. The lowest BCUT2D eigenvalue weighted by molar-refractivity contribution is -0.127. The van der Waals surface area contributed by atoms with Gasteiger partial charge in [0.1, 0.15) is 24.1 Å². The minimum atomic E-state index is -0.110. The van der Waals surface area contributed by atoms with Gasteiger partial charge in [-0.25, -0.2) is 4.99 Å². The van der Waals surface area contributed by atoms with Gasteiger partial charge in [0.05, 0.1) is 20.3 Å². The highest BCUT2D eigenvalue weighted by Gasteiger charge is 2.08. The Hall–Kier alpha value is -1.75. The third-order valence-electron chi connectivity index (χ3n) is 3.41. The van der Waals surface area contributed by atoms with E-state index in [-0.39, 0.29) is 42.5 Å². The normalized spacial score (nSPS) is 11.8. The molecule has 2 N–H and O–H groups in total. The predicted octanol–water partition coefficient (Wildman–Crippen LogP) is 1.35. The zero-order valence-corrected chi connectivity index (χ0v) is 19.0. The second kappa shape index (κ2) is 14.3. The number of halogens is 1. The summed E-state index contributed by atoms with van der Waals surface area (Å²) in [5.74, 6) is 1.94. The molecule has 0 saturated heterocycles. The maximum absolute atomic E-state index is 11.7. The molecule has 1 atom stereocenters. The lowest BCUT2D eigenvalue weighted by Gasteiger charge is -2.18. The Balaban J connectivity index is 0.00000676. The molecule has 0 aliphatic heterocycles. The monoisotopic (exact) mass is 494 g/mol. The van der Waals surface area contributed by atoms with Crippen molar-refractivity contribution in [2.75, 3.05) is 54.6 Å². The van der Waals surface area contributed by atoms with Crippen LogP contribution >= 0.6 is 24.0 Å². The van der Waals surface area contributed by atoms with E-state index in [9.17, 15) is 4.79 Å². The number of nitrogens with zero attached hydrogens (tertiary/aromatic N) is 2. The van der Waals surface area contributed by atoms with Gasteiger partial charge in [-0.1, -0.05) is 6.07 Å². The fourth-order valence-corrected chi connectivity index (χ4v) is 1.92. The van der Waals surface area contributed by atoms with Gasteiger partial charge in [-0.15, -0.1) is 24.0 Å². The number of hydrogen-bond donors (Lipinski definition) is 2. The number of benzene rings is 1. The maximum atomic E-state index is 11.7. The summed E-state index contributed by atoms with van der Waals surface area (Å²) in [6, 6.07) is 7.45. The Morgan fingerprint density at radius 2 is 1.93 bits per heavy atom. The summed E-state index contributed by atoms with van der Waals surface area (Å²) in [5.41, 5.74) is 0. The molecular weight excluding hydrogens is 463 g/mol. The van der Waals surface area contributed by atoms with Gasteiger partial charge in [0.15, 0.2) is 5.96 Å². The van der Waals surface area contributed by atoms with E-state index in [1.54, 1.807) is 28.3 Å². The number of ether oxygens (including phenoxy) is 3. The highest BCUT2D eigenvalue weighted by Crippen LogP contribution is 2.19. The molecule has 27 heavy (non-hydrogen) atoms. The number of likely N-dealkylation sites (N-methyl/N-ethyl adjacent to an activating group) is 1. The summed E-state index contributed by atoms with van der Waals surface area (Å²) in [6.07, 6.45) is -0.110. The van der Waals surface area contributed by atoms with E-state index in [0.29, 0.717) is 25.7 Å². The average Bonchev–Trinajstić information content (AvgIpc) is 2.63. The standard InChI is InChI=1S/C18H30N4O4.HI/c1-14(26-16-8-6-7-15(11-16)25-5)12-20-18(19-9-10-24-4)21-13-17(23)22(2)3;/h6-8,11,14H,9-10,12-13H2,1-5H3,(H2,19,20,21);1H. The highest BCUT2D eigenvalue weighted by molar-refractivity contribution is 14.0. The van der Waals surface area contributed by atoms with Crippen molar-refractivity contribution in [3.8, 4) is 11.5 Å². The van der Waals surface area contributed by atoms with Gasteiger partial charge in [-0.2, -0.15) is 0 Å². The van der Waals surface area contributed by atoms with Crippen LogP contribution in [0.4, 0.5) is 0 Å². The maximum Gasteiger partial charge on any atom is 0.243 e. The fraction of sp³-hybridized carbons (Fsp3) is 0.556. The topological polar surface area (TPSA) is 84.4 Å². The number of guanidine groups is 1. The Morgan fingerprint density at radius 3 is 2.56 bits per heavy atom. The van der Waals surface area contributed by atoms with Crippen LogP contribution in [-0.2, 0) is 9.53 Å². The van der Waals surface area contributed by atoms with Crippen LogP contribution in [0.2, 0.25) is 0 Å². The van der Waals surface area contributed by atoms with Gasteiger partial charge in [-0.3, -0.25) is 4.79 Å². The van der Waals surface area contributed by atoms with Crippen LogP contribution in [0.25, 0.3) is 0 Å². The first kappa shape index (κ1) is 25.2. The van der Waals surface area contributed by atoms with Gasteiger partial charge in [0.25, 0.3) is 0 Å². The van der Waals surface area contributed by atoms with E-state index >= 15 is 0 Å². The smallest absolute Gasteiger partial charge is 0.243 e. The summed E-state index contributed by atoms with van der Waals surface area (Å²) in [5, 5.41) is 6.30. The number of carbonyl (C=O) groups excluding carboxylic acids is 1. The summed E-state index contributed by atoms with van der Waals surface area (Å²) in [7, 11) is 6.65.